The summed E-state index contributed by atoms with van der Waals surface area (Å²) in [5, 5.41) is 12.0. The first-order valence-corrected chi connectivity index (χ1v) is 9.64. The molecule has 2 N–H and O–H groups in total. The van der Waals surface area contributed by atoms with Crippen LogP contribution < -0.4 is 5.32 Å². The van der Waals surface area contributed by atoms with E-state index in [0.29, 0.717) is 32.5 Å². The zero-order valence-electron chi connectivity index (χ0n) is 15.5. The number of carbonyl (C=O) groups excluding carboxylic acids is 3. The normalized spacial score (nSPS) is 22.1. The number of urea groups is 1. The molecule has 1 aromatic carbocycles. The number of likely N-dealkylation sites (tertiary alicyclic amines) is 2. The second kappa shape index (κ2) is 8.99. The predicted molar refractivity (Wildman–Crippen MR) is 100 cm³/mol. The topological polar surface area (TPSA) is 90.0 Å². The van der Waals surface area contributed by atoms with E-state index in [-0.39, 0.29) is 17.7 Å². The number of nitrogens with zero attached hydrogens (tertiary/aromatic N) is 2. The van der Waals surface area contributed by atoms with E-state index in [1.807, 2.05) is 30.3 Å². The molecule has 2 aliphatic heterocycles. The van der Waals surface area contributed by atoms with Gasteiger partial charge >= 0.3 is 6.03 Å². The third-order valence-corrected chi connectivity index (χ3v) is 5.39. The fourth-order valence-corrected chi connectivity index (χ4v) is 3.99. The number of aliphatic hydroxyl groups excluding tert-OH is 1. The maximum absolute atomic E-state index is 13.0. The van der Waals surface area contributed by atoms with Crippen LogP contribution in [-0.2, 0) is 16.0 Å². The van der Waals surface area contributed by atoms with Crippen LogP contribution in [0.3, 0.4) is 0 Å². The monoisotopic (exact) mass is 373 g/mol. The lowest BCUT2D eigenvalue weighted by Gasteiger charge is -2.30. The minimum atomic E-state index is -0.553. The number of Topliss-reactive ketones (excluding diaryl/α,β-unsaturated/α-hetero) is 1. The van der Waals surface area contributed by atoms with Gasteiger partial charge in [0, 0.05) is 19.6 Å². The van der Waals surface area contributed by atoms with E-state index in [4.69, 9.17) is 5.11 Å². The summed E-state index contributed by atoms with van der Waals surface area (Å²) in [6, 6.07) is 8.61. The Kier molecular flexibility index (Phi) is 6.45. The average molecular weight is 373 g/mol. The Morgan fingerprint density at radius 1 is 1.00 bits per heavy atom. The van der Waals surface area contributed by atoms with Crippen molar-refractivity contribution in [3.63, 3.8) is 0 Å². The van der Waals surface area contributed by atoms with Crippen LogP contribution in [0.2, 0.25) is 0 Å². The Hall–Kier alpha value is -2.41. The van der Waals surface area contributed by atoms with Gasteiger partial charge in [-0.1, -0.05) is 30.3 Å². The van der Waals surface area contributed by atoms with Gasteiger partial charge in [-0.05, 0) is 37.7 Å². The molecule has 2 unspecified atom stereocenters. The highest BCUT2D eigenvalue weighted by molar-refractivity contribution is 5.93. The molecule has 1 aromatic rings. The molecule has 2 heterocycles. The Morgan fingerprint density at radius 3 is 2.37 bits per heavy atom. The number of amides is 3. The van der Waals surface area contributed by atoms with Crippen molar-refractivity contribution in [1.29, 1.82) is 0 Å². The summed E-state index contributed by atoms with van der Waals surface area (Å²) in [4.78, 5) is 40.6. The molecule has 2 saturated heterocycles. The Labute approximate surface area is 159 Å². The summed E-state index contributed by atoms with van der Waals surface area (Å²) in [5.41, 5.74) is 1.15. The van der Waals surface area contributed by atoms with Crippen LogP contribution in [0, 0.1) is 0 Å². The summed E-state index contributed by atoms with van der Waals surface area (Å²) < 4.78 is 0. The van der Waals surface area contributed by atoms with Crippen molar-refractivity contribution in [2.45, 2.75) is 44.2 Å². The molecule has 2 aliphatic rings. The number of ketones is 1. The highest BCUT2D eigenvalue weighted by Gasteiger charge is 2.41. The number of carbonyl (C=O) groups is 3. The molecule has 0 aliphatic carbocycles. The predicted octanol–water partition coefficient (Wildman–Crippen LogP) is 0.956. The van der Waals surface area contributed by atoms with E-state index >= 15 is 0 Å². The number of hydrogen-bond acceptors (Lipinski definition) is 4. The zero-order chi connectivity index (χ0) is 19.2. The van der Waals surface area contributed by atoms with E-state index in [1.165, 1.54) is 0 Å². The van der Waals surface area contributed by atoms with Gasteiger partial charge < -0.3 is 20.2 Å². The number of hydrogen-bond donors (Lipinski definition) is 2. The molecule has 0 saturated carbocycles. The smallest absolute Gasteiger partial charge is 0.318 e. The molecule has 0 bridgehead atoms. The quantitative estimate of drug-likeness (QED) is 0.777. The van der Waals surface area contributed by atoms with Gasteiger partial charge in [-0.25, -0.2) is 4.79 Å². The molecule has 0 aromatic heterocycles. The Morgan fingerprint density at radius 2 is 1.67 bits per heavy atom. The third-order valence-electron chi connectivity index (χ3n) is 5.39. The third kappa shape index (κ3) is 4.47. The molecule has 2 fully saturated rings. The van der Waals surface area contributed by atoms with Crippen LogP contribution >= 0.6 is 0 Å². The van der Waals surface area contributed by atoms with Crippen LogP contribution in [0.25, 0.3) is 0 Å². The number of nitrogens with one attached hydrogen (secondary N) is 1. The van der Waals surface area contributed by atoms with Gasteiger partial charge in [0.25, 0.3) is 0 Å². The van der Waals surface area contributed by atoms with Crippen molar-refractivity contribution >= 4 is 17.7 Å². The van der Waals surface area contributed by atoms with Crippen LogP contribution in [0.1, 0.15) is 31.2 Å². The molecule has 7 heteroatoms. The summed E-state index contributed by atoms with van der Waals surface area (Å²) in [6.45, 7) is 1.01. The molecule has 27 heavy (non-hydrogen) atoms. The van der Waals surface area contributed by atoms with E-state index in [0.717, 1.165) is 24.8 Å². The lowest BCUT2D eigenvalue weighted by atomic mass is 10.1. The number of aliphatic hydroxyl groups is 1. The van der Waals surface area contributed by atoms with E-state index < -0.39 is 18.7 Å². The zero-order valence-corrected chi connectivity index (χ0v) is 15.5. The standard InChI is InChI=1S/C20H27N3O4/c24-14-18(25)16-8-4-12-22(16)19(26)17-9-5-13-23(17)20(27)21-11-10-15-6-2-1-3-7-15/h1-3,6-7,16-17,24H,4-5,8-14H2,(H,21,27). The molecule has 0 spiro atoms. The van der Waals surface area contributed by atoms with E-state index in [1.54, 1.807) is 9.80 Å². The van der Waals surface area contributed by atoms with Gasteiger partial charge in [0.15, 0.2) is 5.78 Å². The molecule has 146 valence electrons. The van der Waals surface area contributed by atoms with Gasteiger partial charge in [-0.15, -0.1) is 0 Å². The fraction of sp³-hybridized carbons (Fsp3) is 0.550. The van der Waals surface area contributed by atoms with Gasteiger partial charge in [-0.3, -0.25) is 9.59 Å². The largest absolute Gasteiger partial charge is 0.389 e. The first-order valence-electron chi connectivity index (χ1n) is 9.64. The second-order valence-corrected chi connectivity index (χ2v) is 7.13. The van der Waals surface area contributed by atoms with Crippen LogP contribution in [-0.4, -0.2) is 71.0 Å². The van der Waals surface area contributed by atoms with Crippen LogP contribution in [0.5, 0.6) is 0 Å². The van der Waals surface area contributed by atoms with E-state index in [9.17, 15) is 14.4 Å². The first kappa shape index (κ1) is 19.4. The molecule has 0 radical (unpaired) electrons. The maximum atomic E-state index is 13.0. The fourth-order valence-electron chi connectivity index (χ4n) is 3.99. The molecule has 2 atom stereocenters. The molecular formula is C20H27N3O4. The summed E-state index contributed by atoms with van der Waals surface area (Å²) >= 11 is 0. The Bertz CT molecular complexity index is 679. The lowest BCUT2D eigenvalue weighted by molar-refractivity contribution is -0.141. The SMILES string of the molecule is O=C(CO)C1CCCN1C(=O)C1CCCN1C(=O)NCCc1ccccc1. The van der Waals surface area contributed by atoms with Crippen molar-refractivity contribution in [1.82, 2.24) is 15.1 Å². The minimum Gasteiger partial charge on any atom is -0.389 e. The lowest BCUT2D eigenvalue weighted by Crippen LogP contribution is -2.53. The number of rotatable bonds is 6. The van der Waals surface area contributed by atoms with Crippen LogP contribution in [0.4, 0.5) is 4.79 Å². The van der Waals surface area contributed by atoms with Crippen molar-refractivity contribution in [3.05, 3.63) is 35.9 Å². The highest BCUT2D eigenvalue weighted by atomic mass is 16.3. The van der Waals surface area contributed by atoms with Crippen molar-refractivity contribution in [2.75, 3.05) is 26.2 Å². The van der Waals surface area contributed by atoms with Crippen molar-refractivity contribution in [3.8, 4) is 0 Å². The average Bonchev–Trinajstić information content (AvgIpc) is 3.37. The second-order valence-electron chi connectivity index (χ2n) is 7.13. The molecule has 3 rings (SSSR count). The van der Waals surface area contributed by atoms with Crippen LogP contribution in [0.15, 0.2) is 30.3 Å². The summed E-state index contributed by atoms with van der Waals surface area (Å²) in [7, 11) is 0. The highest BCUT2D eigenvalue weighted by Crippen LogP contribution is 2.25. The first-order chi connectivity index (χ1) is 13.1. The van der Waals surface area contributed by atoms with Crippen molar-refractivity contribution in [2.24, 2.45) is 0 Å². The summed E-state index contributed by atoms with van der Waals surface area (Å²) in [5.74, 6) is -0.493. The summed E-state index contributed by atoms with van der Waals surface area (Å²) in [6.07, 6.45) is 3.45. The Balaban J connectivity index is 1.56. The van der Waals surface area contributed by atoms with Crippen molar-refractivity contribution < 1.29 is 19.5 Å². The molecular weight excluding hydrogens is 346 g/mol. The number of benzene rings is 1. The van der Waals surface area contributed by atoms with Gasteiger partial charge in [0.05, 0.1) is 6.04 Å². The van der Waals surface area contributed by atoms with E-state index in [2.05, 4.69) is 5.32 Å². The molecule has 3 amide bonds. The maximum Gasteiger partial charge on any atom is 0.318 e. The molecule has 7 nitrogen and oxygen atoms in total. The van der Waals surface area contributed by atoms with Gasteiger partial charge in [0.2, 0.25) is 5.91 Å². The van der Waals surface area contributed by atoms with Gasteiger partial charge in [0.1, 0.15) is 12.6 Å². The minimum absolute atomic E-state index is 0.171. The van der Waals surface area contributed by atoms with Gasteiger partial charge in [-0.2, -0.15) is 0 Å².